The number of anilines is 1. The van der Waals surface area contributed by atoms with Crippen molar-refractivity contribution in [2.75, 3.05) is 44.7 Å². The number of carbonyl (C=O) groups excluding carboxylic acids is 1. The Morgan fingerprint density at radius 2 is 2.00 bits per heavy atom. The molecule has 2 N–H and O–H groups in total. The molecule has 0 saturated carbocycles. The van der Waals surface area contributed by atoms with Crippen LogP contribution >= 0.6 is 23.2 Å². The van der Waals surface area contributed by atoms with E-state index in [1.807, 2.05) is 30.3 Å². The van der Waals surface area contributed by atoms with Crippen molar-refractivity contribution in [1.29, 1.82) is 0 Å². The summed E-state index contributed by atoms with van der Waals surface area (Å²) in [5.41, 5.74) is 2.57. The first kappa shape index (κ1) is 20.0. The zero-order valence-electron chi connectivity index (χ0n) is 15.2. The molecular formula is C20H23Cl2N3O2. The van der Waals surface area contributed by atoms with E-state index in [0.717, 1.165) is 30.9 Å². The average Bonchev–Trinajstić information content (AvgIpc) is 2.68. The first-order chi connectivity index (χ1) is 13.0. The van der Waals surface area contributed by atoms with Crippen molar-refractivity contribution in [2.24, 2.45) is 0 Å². The minimum absolute atomic E-state index is 0.0718. The fourth-order valence-corrected chi connectivity index (χ4v) is 3.74. The number of nitrogens with one attached hydrogen (secondary N) is 1. The van der Waals surface area contributed by atoms with Crippen molar-refractivity contribution in [2.45, 2.75) is 6.04 Å². The number of rotatable bonds is 5. The molecule has 5 nitrogen and oxygen atoms in total. The van der Waals surface area contributed by atoms with Crippen molar-refractivity contribution in [3.05, 3.63) is 63.6 Å². The summed E-state index contributed by atoms with van der Waals surface area (Å²) in [6.45, 7) is 2.69. The van der Waals surface area contributed by atoms with Crippen LogP contribution in [-0.4, -0.2) is 55.7 Å². The molecule has 0 unspecified atom stereocenters. The quantitative estimate of drug-likeness (QED) is 0.798. The molecule has 2 aromatic carbocycles. The summed E-state index contributed by atoms with van der Waals surface area (Å²) >= 11 is 12.6. The first-order valence-corrected chi connectivity index (χ1v) is 9.65. The van der Waals surface area contributed by atoms with E-state index in [4.69, 9.17) is 28.3 Å². The number of carbonyl (C=O) groups is 1. The topological polar surface area (TPSA) is 55.8 Å². The summed E-state index contributed by atoms with van der Waals surface area (Å²) in [6, 6.07) is 13.4. The third-order valence-corrected chi connectivity index (χ3v) is 5.34. The average molecular weight is 408 g/mol. The number of likely N-dealkylation sites (N-methyl/N-ethyl adjacent to an activating group) is 1. The van der Waals surface area contributed by atoms with Gasteiger partial charge in [0, 0.05) is 43.8 Å². The number of aliphatic hydroxyl groups is 1. The van der Waals surface area contributed by atoms with Gasteiger partial charge in [-0.15, -0.1) is 0 Å². The summed E-state index contributed by atoms with van der Waals surface area (Å²) in [7, 11) is 1.66. The Labute approximate surface area is 169 Å². The maximum Gasteiger partial charge on any atom is 0.253 e. The Morgan fingerprint density at radius 3 is 2.67 bits per heavy atom. The van der Waals surface area contributed by atoms with Crippen LogP contribution in [0.15, 0.2) is 42.5 Å². The number of hydrogen-bond acceptors (Lipinski definition) is 4. The molecule has 3 rings (SSSR count). The molecule has 0 radical (unpaired) electrons. The zero-order chi connectivity index (χ0) is 19.4. The lowest BCUT2D eigenvalue weighted by Gasteiger charge is -2.39. The standard InChI is InChI=1S/C20H23Cl2N3O2/c1-24(10-11-26)20(27)15-4-7-18(17(22)12-15)25-9-8-23-13-19(25)14-2-5-16(21)6-3-14/h2-7,12,19,23,26H,8-11,13H2,1H3/t19-/m0/s1. The molecule has 1 aliphatic rings. The van der Waals surface area contributed by atoms with Crippen LogP contribution in [0.4, 0.5) is 5.69 Å². The van der Waals surface area contributed by atoms with Gasteiger partial charge >= 0.3 is 0 Å². The van der Waals surface area contributed by atoms with Crippen molar-refractivity contribution < 1.29 is 9.90 Å². The summed E-state index contributed by atoms with van der Waals surface area (Å²) in [5.74, 6) is -0.160. The van der Waals surface area contributed by atoms with Gasteiger partial charge in [-0.1, -0.05) is 35.3 Å². The van der Waals surface area contributed by atoms with E-state index in [1.54, 1.807) is 19.2 Å². The number of hydrogen-bond donors (Lipinski definition) is 2. The number of amides is 1. The largest absolute Gasteiger partial charge is 0.395 e. The SMILES string of the molecule is CN(CCO)C(=O)c1ccc(N2CCNC[C@H]2c2ccc(Cl)cc2)c(Cl)c1. The van der Waals surface area contributed by atoms with Gasteiger partial charge in [0.25, 0.3) is 5.91 Å². The summed E-state index contributed by atoms with van der Waals surface area (Å²) in [6.07, 6.45) is 0. The molecule has 1 atom stereocenters. The molecule has 1 saturated heterocycles. The van der Waals surface area contributed by atoms with Gasteiger partial charge in [-0.05, 0) is 35.9 Å². The van der Waals surface area contributed by atoms with Crippen LogP contribution in [0, 0.1) is 0 Å². The van der Waals surface area contributed by atoms with E-state index in [2.05, 4.69) is 10.2 Å². The van der Waals surface area contributed by atoms with Crippen LogP contribution in [0.3, 0.4) is 0 Å². The number of aliphatic hydroxyl groups excluding tert-OH is 1. The van der Waals surface area contributed by atoms with Gasteiger partial charge < -0.3 is 20.2 Å². The zero-order valence-corrected chi connectivity index (χ0v) is 16.7. The van der Waals surface area contributed by atoms with E-state index in [9.17, 15) is 4.79 Å². The monoisotopic (exact) mass is 407 g/mol. The van der Waals surface area contributed by atoms with Crippen molar-refractivity contribution in [3.63, 3.8) is 0 Å². The summed E-state index contributed by atoms with van der Waals surface area (Å²) in [5, 5.41) is 13.7. The van der Waals surface area contributed by atoms with Crippen molar-refractivity contribution in [1.82, 2.24) is 10.2 Å². The number of benzene rings is 2. The van der Waals surface area contributed by atoms with Crippen molar-refractivity contribution >= 4 is 34.8 Å². The second-order valence-corrected chi connectivity index (χ2v) is 7.43. The second kappa shape index (κ2) is 8.93. The maximum absolute atomic E-state index is 12.4. The molecule has 1 aliphatic heterocycles. The van der Waals surface area contributed by atoms with Crippen LogP contribution < -0.4 is 10.2 Å². The normalized spacial score (nSPS) is 17.0. The lowest BCUT2D eigenvalue weighted by molar-refractivity contribution is 0.0767. The Kier molecular flexibility index (Phi) is 6.60. The highest BCUT2D eigenvalue weighted by Crippen LogP contribution is 2.34. The van der Waals surface area contributed by atoms with Gasteiger partial charge in [-0.3, -0.25) is 4.79 Å². The van der Waals surface area contributed by atoms with Gasteiger partial charge in [-0.25, -0.2) is 0 Å². The molecule has 1 amide bonds. The Bertz CT molecular complexity index is 798. The number of piperazine rings is 1. The third kappa shape index (κ3) is 4.55. The fraction of sp³-hybridized carbons (Fsp3) is 0.350. The number of halogens is 2. The van der Waals surface area contributed by atoms with Crippen LogP contribution in [-0.2, 0) is 0 Å². The van der Waals surface area contributed by atoms with E-state index in [-0.39, 0.29) is 25.1 Å². The van der Waals surface area contributed by atoms with Crippen molar-refractivity contribution in [3.8, 4) is 0 Å². The molecule has 2 aromatic rings. The van der Waals surface area contributed by atoms with Crippen LogP contribution in [0.2, 0.25) is 10.0 Å². The number of nitrogens with zero attached hydrogens (tertiary/aromatic N) is 2. The van der Waals surface area contributed by atoms with Gasteiger partial charge in [-0.2, -0.15) is 0 Å². The minimum Gasteiger partial charge on any atom is -0.395 e. The van der Waals surface area contributed by atoms with E-state index in [1.165, 1.54) is 4.90 Å². The molecule has 0 spiro atoms. The molecule has 1 heterocycles. The predicted molar refractivity (Wildman–Crippen MR) is 110 cm³/mol. The van der Waals surface area contributed by atoms with E-state index < -0.39 is 0 Å². The summed E-state index contributed by atoms with van der Waals surface area (Å²) in [4.78, 5) is 16.1. The minimum atomic E-state index is -0.160. The van der Waals surface area contributed by atoms with Gasteiger partial charge in [0.05, 0.1) is 23.4 Å². The highest BCUT2D eigenvalue weighted by molar-refractivity contribution is 6.33. The lowest BCUT2D eigenvalue weighted by Crippen LogP contribution is -2.46. The van der Waals surface area contributed by atoms with Gasteiger partial charge in [0.15, 0.2) is 0 Å². The summed E-state index contributed by atoms with van der Waals surface area (Å²) < 4.78 is 0. The second-order valence-electron chi connectivity index (χ2n) is 6.58. The predicted octanol–water partition coefficient (Wildman–Crippen LogP) is 3.21. The molecule has 7 heteroatoms. The molecule has 27 heavy (non-hydrogen) atoms. The Balaban J connectivity index is 1.87. The van der Waals surface area contributed by atoms with Crippen LogP contribution in [0.25, 0.3) is 0 Å². The fourth-order valence-electron chi connectivity index (χ4n) is 3.32. The highest BCUT2D eigenvalue weighted by atomic mass is 35.5. The first-order valence-electron chi connectivity index (χ1n) is 8.90. The third-order valence-electron chi connectivity index (χ3n) is 4.78. The smallest absolute Gasteiger partial charge is 0.253 e. The molecule has 0 bridgehead atoms. The molecule has 0 aliphatic carbocycles. The van der Waals surface area contributed by atoms with E-state index >= 15 is 0 Å². The highest BCUT2D eigenvalue weighted by Gasteiger charge is 2.26. The van der Waals surface area contributed by atoms with E-state index in [0.29, 0.717) is 15.6 Å². The van der Waals surface area contributed by atoms with Crippen LogP contribution in [0.5, 0.6) is 0 Å². The molecular weight excluding hydrogens is 385 g/mol. The Morgan fingerprint density at radius 1 is 1.26 bits per heavy atom. The Hall–Kier alpha value is -1.79. The maximum atomic E-state index is 12.4. The van der Waals surface area contributed by atoms with Gasteiger partial charge in [0.2, 0.25) is 0 Å². The van der Waals surface area contributed by atoms with Crippen LogP contribution in [0.1, 0.15) is 22.0 Å². The molecule has 144 valence electrons. The molecule has 1 fully saturated rings. The van der Waals surface area contributed by atoms with Gasteiger partial charge in [0.1, 0.15) is 0 Å². The molecule has 0 aromatic heterocycles. The lowest BCUT2D eigenvalue weighted by atomic mass is 10.0.